The van der Waals surface area contributed by atoms with Crippen LogP contribution in [0.15, 0.2) is 24.3 Å². The van der Waals surface area contributed by atoms with Crippen LogP contribution in [0.1, 0.15) is 88.1 Å². The maximum atomic E-state index is 13.8. The molecule has 1 aliphatic carbocycles. The number of amides is 2. The number of rotatable bonds is 8. The van der Waals surface area contributed by atoms with Crippen LogP contribution in [0.2, 0.25) is 0 Å². The van der Waals surface area contributed by atoms with E-state index in [1.54, 1.807) is 12.1 Å². The van der Waals surface area contributed by atoms with Gasteiger partial charge < -0.3 is 15.3 Å². The smallest absolute Gasteiger partial charge is 0.246 e. The number of hydrogen-bond donors (Lipinski definition) is 2. The van der Waals surface area contributed by atoms with Gasteiger partial charge in [-0.25, -0.2) is 9.07 Å². The van der Waals surface area contributed by atoms with Gasteiger partial charge in [-0.15, -0.1) is 0 Å². The van der Waals surface area contributed by atoms with Crippen molar-refractivity contribution in [3.8, 4) is 5.69 Å². The minimum atomic E-state index is -0.871. The summed E-state index contributed by atoms with van der Waals surface area (Å²) >= 11 is 0. The summed E-state index contributed by atoms with van der Waals surface area (Å²) in [7, 11) is 0. The van der Waals surface area contributed by atoms with Gasteiger partial charge in [-0.1, -0.05) is 32.6 Å². The molecule has 3 fully saturated rings. The molecular formula is C31H44FN5O3. The average molecular weight is 554 g/mol. The lowest BCUT2D eigenvalue weighted by Crippen LogP contribution is -2.73. The molecule has 0 radical (unpaired) electrons. The first kappa shape index (κ1) is 28.7. The largest absolute Gasteiger partial charge is 0.390 e. The van der Waals surface area contributed by atoms with Gasteiger partial charge in [0.15, 0.2) is 0 Å². The molecule has 2 saturated heterocycles. The van der Waals surface area contributed by atoms with Crippen LogP contribution < -0.4 is 5.32 Å². The molecule has 1 saturated carbocycles. The number of benzene rings is 1. The summed E-state index contributed by atoms with van der Waals surface area (Å²) in [6.45, 7) is 8.79. The van der Waals surface area contributed by atoms with E-state index in [2.05, 4.69) is 17.1 Å². The molecule has 0 unspecified atom stereocenters. The third kappa shape index (κ3) is 5.55. The fourth-order valence-electron chi connectivity index (χ4n) is 6.99. The second-order valence-corrected chi connectivity index (χ2v) is 12.2. The van der Waals surface area contributed by atoms with Crippen LogP contribution in [0, 0.1) is 19.7 Å². The lowest BCUT2D eigenvalue weighted by Gasteiger charge is -2.52. The van der Waals surface area contributed by atoms with E-state index in [-0.39, 0.29) is 17.6 Å². The van der Waals surface area contributed by atoms with Crippen LogP contribution in [-0.4, -0.2) is 73.3 Å². The van der Waals surface area contributed by atoms with E-state index >= 15 is 0 Å². The van der Waals surface area contributed by atoms with E-state index in [4.69, 9.17) is 5.10 Å². The zero-order chi connectivity index (χ0) is 28.5. The van der Waals surface area contributed by atoms with E-state index < -0.39 is 17.2 Å². The Hall–Kier alpha value is -2.78. The maximum Gasteiger partial charge on any atom is 0.246 e. The number of carbonyl (C=O) groups is 2. The van der Waals surface area contributed by atoms with Crippen molar-refractivity contribution in [2.24, 2.45) is 0 Å². The summed E-state index contributed by atoms with van der Waals surface area (Å²) in [5.74, 6) is -0.376. The van der Waals surface area contributed by atoms with Crippen LogP contribution >= 0.6 is 0 Å². The van der Waals surface area contributed by atoms with Gasteiger partial charge in [-0.2, -0.15) is 5.10 Å². The zero-order valence-corrected chi connectivity index (χ0v) is 24.2. The number of aliphatic hydroxyl groups is 1. The van der Waals surface area contributed by atoms with Gasteiger partial charge in [0.05, 0.1) is 17.0 Å². The molecular weight excluding hydrogens is 509 g/mol. The number of aryl methyl sites for hydroxylation is 1. The number of halogens is 1. The Kier molecular flexibility index (Phi) is 8.34. The number of unbranched alkanes of at least 4 members (excludes halogenated alkanes) is 1. The van der Waals surface area contributed by atoms with Gasteiger partial charge in [0, 0.05) is 43.9 Å². The SMILES string of the molecule is CCCCN1C(=O)[C@@H](CC2(O)CCCCC2)NC(=O)C12CCN(Cc1c(C)nn(-c3ccc(F)cc3)c1C)CC2. The van der Waals surface area contributed by atoms with Gasteiger partial charge in [0.2, 0.25) is 11.8 Å². The molecule has 1 aromatic heterocycles. The van der Waals surface area contributed by atoms with Crippen molar-refractivity contribution < 1.29 is 19.1 Å². The van der Waals surface area contributed by atoms with E-state index in [0.29, 0.717) is 58.3 Å². The van der Waals surface area contributed by atoms with E-state index in [1.807, 2.05) is 23.4 Å². The Morgan fingerprint density at radius 3 is 2.38 bits per heavy atom. The Bertz CT molecular complexity index is 1210. The first-order chi connectivity index (χ1) is 19.2. The monoisotopic (exact) mass is 553 g/mol. The van der Waals surface area contributed by atoms with Crippen molar-refractivity contribution in [3.05, 3.63) is 47.0 Å². The van der Waals surface area contributed by atoms with Gasteiger partial charge in [-0.3, -0.25) is 14.5 Å². The van der Waals surface area contributed by atoms with Crippen molar-refractivity contribution in [2.75, 3.05) is 19.6 Å². The molecule has 3 aliphatic rings. The molecule has 2 aromatic rings. The predicted octanol–water partition coefficient (Wildman–Crippen LogP) is 4.18. The lowest BCUT2D eigenvalue weighted by atomic mass is 9.77. The summed E-state index contributed by atoms with van der Waals surface area (Å²) in [4.78, 5) is 31.8. The quantitative estimate of drug-likeness (QED) is 0.512. The molecule has 2 amide bonds. The number of likely N-dealkylation sites (tertiary alicyclic amines) is 1. The van der Waals surface area contributed by atoms with Crippen molar-refractivity contribution in [1.82, 2.24) is 24.9 Å². The fraction of sp³-hybridized carbons (Fsp3) is 0.645. The standard InChI is InChI=1S/C31H44FN5O3/c1-4-5-17-36-28(38)27(20-30(40)13-7-6-8-14-30)33-29(39)31(36)15-18-35(19-16-31)21-26-22(2)34-37(23(26)3)25-11-9-24(32)10-12-25/h9-12,27,40H,4-8,13-21H2,1-3H3,(H,33,39)/t27-/m1/s1. The van der Waals surface area contributed by atoms with Crippen LogP contribution in [-0.2, 0) is 16.1 Å². The number of piperazine rings is 1. The number of hydrogen-bond acceptors (Lipinski definition) is 5. The number of carbonyl (C=O) groups excluding carboxylic acids is 2. The highest BCUT2D eigenvalue weighted by Gasteiger charge is 2.54. The molecule has 9 heteroatoms. The van der Waals surface area contributed by atoms with Gasteiger partial charge >= 0.3 is 0 Å². The minimum Gasteiger partial charge on any atom is -0.390 e. The lowest BCUT2D eigenvalue weighted by molar-refractivity contribution is -0.163. The van der Waals surface area contributed by atoms with Gasteiger partial charge in [-0.05, 0) is 70.2 Å². The van der Waals surface area contributed by atoms with Crippen molar-refractivity contribution in [1.29, 1.82) is 0 Å². The number of nitrogens with one attached hydrogen (secondary N) is 1. The van der Waals surface area contributed by atoms with Crippen molar-refractivity contribution >= 4 is 11.8 Å². The summed E-state index contributed by atoms with van der Waals surface area (Å²) in [6, 6.07) is 5.69. The number of piperidine rings is 1. The first-order valence-electron chi connectivity index (χ1n) is 15.0. The average Bonchev–Trinajstić information content (AvgIpc) is 3.22. The molecule has 1 spiro atoms. The second kappa shape index (κ2) is 11.6. The highest BCUT2D eigenvalue weighted by atomic mass is 19.1. The Balaban J connectivity index is 1.29. The third-order valence-electron chi connectivity index (χ3n) is 9.49. The molecule has 40 heavy (non-hydrogen) atoms. The van der Waals surface area contributed by atoms with E-state index in [9.17, 15) is 19.1 Å². The van der Waals surface area contributed by atoms with E-state index in [1.165, 1.54) is 12.1 Å². The molecule has 1 atom stereocenters. The highest BCUT2D eigenvalue weighted by molar-refractivity contribution is 6.00. The molecule has 3 heterocycles. The van der Waals surface area contributed by atoms with Crippen LogP contribution in [0.3, 0.4) is 0 Å². The summed E-state index contributed by atoms with van der Waals surface area (Å²) in [5, 5.41) is 18.9. The van der Waals surface area contributed by atoms with Gasteiger partial charge in [0.25, 0.3) is 0 Å². The summed E-state index contributed by atoms with van der Waals surface area (Å²) < 4.78 is 15.3. The normalized spacial score (nSPS) is 23.0. The predicted molar refractivity (Wildman–Crippen MR) is 151 cm³/mol. The van der Waals surface area contributed by atoms with Crippen LogP contribution in [0.5, 0.6) is 0 Å². The maximum absolute atomic E-state index is 13.8. The molecule has 2 aliphatic heterocycles. The molecule has 0 bridgehead atoms. The van der Waals surface area contributed by atoms with Crippen LogP contribution in [0.25, 0.3) is 5.69 Å². The van der Waals surface area contributed by atoms with Gasteiger partial charge in [0.1, 0.15) is 17.4 Å². The first-order valence-corrected chi connectivity index (χ1v) is 15.0. The minimum absolute atomic E-state index is 0.0345. The Morgan fingerprint density at radius 2 is 1.73 bits per heavy atom. The molecule has 5 rings (SSSR count). The number of aromatic nitrogens is 2. The second-order valence-electron chi connectivity index (χ2n) is 12.2. The summed E-state index contributed by atoms with van der Waals surface area (Å²) in [5.41, 5.74) is 2.19. The van der Waals surface area contributed by atoms with E-state index in [0.717, 1.165) is 54.7 Å². The summed E-state index contributed by atoms with van der Waals surface area (Å²) in [6.07, 6.45) is 7.68. The Labute approximate surface area is 236 Å². The topological polar surface area (TPSA) is 90.7 Å². The molecule has 218 valence electrons. The molecule has 1 aromatic carbocycles. The highest BCUT2D eigenvalue weighted by Crippen LogP contribution is 2.38. The zero-order valence-electron chi connectivity index (χ0n) is 24.2. The molecule has 8 nitrogen and oxygen atoms in total. The van der Waals surface area contributed by atoms with Crippen LogP contribution in [0.4, 0.5) is 4.39 Å². The third-order valence-corrected chi connectivity index (χ3v) is 9.49. The fourth-order valence-corrected chi connectivity index (χ4v) is 6.99. The van der Waals surface area contributed by atoms with Crippen molar-refractivity contribution in [3.63, 3.8) is 0 Å². The Morgan fingerprint density at radius 1 is 1.05 bits per heavy atom. The van der Waals surface area contributed by atoms with Crippen molar-refractivity contribution in [2.45, 2.75) is 109 Å². The number of nitrogens with zero attached hydrogens (tertiary/aromatic N) is 4. The molecule has 2 N–H and O–H groups in total.